The first kappa shape index (κ1) is 13.6. The van der Waals surface area contributed by atoms with E-state index in [4.69, 9.17) is 4.98 Å². The van der Waals surface area contributed by atoms with Gasteiger partial charge in [-0.1, -0.05) is 60.7 Å². The average molecular weight is 299 g/mol. The summed E-state index contributed by atoms with van der Waals surface area (Å²) in [4.78, 5) is 11.5. The largest absolute Gasteiger partial charge is 0.367 e. The summed E-state index contributed by atoms with van der Waals surface area (Å²) in [6.45, 7) is 0. The second kappa shape index (κ2) is 5.97. The number of hydrogen-bond donors (Lipinski definition) is 2. The summed E-state index contributed by atoms with van der Waals surface area (Å²) >= 11 is 0. The van der Waals surface area contributed by atoms with Crippen LogP contribution in [0.3, 0.4) is 0 Å². The van der Waals surface area contributed by atoms with Gasteiger partial charge in [-0.15, -0.1) is 0 Å². The van der Waals surface area contributed by atoms with Crippen molar-refractivity contribution in [2.24, 2.45) is 0 Å². The number of H-pyrrole nitrogens is 2. The van der Waals surface area contributed by atoms with E-state index in [-0.39, 0.29) is 0 Å². The maximum Gasteiger partial charge on any atom is 0.111 e. The Hall–Kier alpha value is -3.07. The molecule has 0 bridgehead atoms. The van der Waals surface area contributed by atoms with Crippen LogP contribution in [0.4, 0.5) is 0 Å². The van der Waals surface area contributed by atoms with Crippen molar-refractivity contribution in [2.75, 3.05) is 0 Å². The van der Waals surface area contributed by atoms with Gasteiger partial charge in [0.15, 0.2) is 0 Å². The number of hydrogen-bond acceptors (Lipinski definition) is 1. The van der Waals surface area contributed by atoms with Crippen molar-refractivity contribution < 1.29 is 0 Å². The topological polar surface area (TPSA) is 44.5 Å². The fourth-order valence-corrected chi connectivity index (χ4v) is 2.79. The number of rotatable bonds is 4. The van der Waals surface area contributed by atoms with Gasteiger partial charge in [0.2, 0.25) is 0 Å². The van der Waals surface area contributed by atoms with Crippen LogP contribution in [0.2, 0.25) is 0 Å². The quantitative estimate of drug-likeness (QED) is 0.565. The van der Waals surface area contributed by atoms with Crippen molar-refractivity contribution in [2.45, 2.75) is 6.42 Å². The van der Waals surface area contributed by atoms with E-state index < -0.39 is 0 Å². The number of aromatic nitrogens is 3. The fraction of sp³-hybridized carbons (Fsp3) is 0.0500. The molecule has 0 aliphatic carbocycles. The third kappa shape index (κ3) is 2.81. The molecule has 4 rings (SSSR count). The van der Waals surface area contributed by atoms with Gasteiger partial charge in [0, 0.05) is 29.9 Å². The Balaban J connectivity index is 1.81. The lowest BCUT2D eigenvalue weighted by Gasteiger charge is -2.02. The van der Waals surface area contributed by atoms with E-state index in [1.54, 1.807) is 0 Å². The first-order chi connectivity index (χ1) is 11.4. The monoisotopic (exact) mass is 299 g/mol. The highest BCUT2D eigenvalue weighted by Gasteiger charge is 2.14. The molecule has 112 valence electrons. The molecular formula is C20H17N3. The number of aromatic amines is 2. The average Bonchev–Trinajstić information content (AvgIpc) is 3.27. The SMILES string of the molecule is c1ccc(-c2nc(Cc3cc[nH]c3)[nH]c2-c2ccccc2)cc1. The van der Waals surface area contributed by atoms with Crippen LogP contribution in [-0.4, -0.2) is 15.0 Å². The molecular weight excluding hydrogens is 282 g/mol. The number of benzene rings is 2. The molecule has 0 unspecified atom stereocenters. The number of nitrogens with one attached hydrogen (secondary N) is 2. The summed E-state index contributed by atoms with van der Waals surface area (Å²) < 4.78 is 0. The minimum absolute atomic E-state index is 0.788. The molecule has 2 aromatic carbocycles. The normalized spacial score (nSPS) is 10.8. The van der Waals surface area contributed by atoms with Gasteiger partial charge < -0.3 is 9.97 Å². The maximum atomic E-state index is 4.86. The molecule has 23 heavy (non-hydrogen) atoms. The van der Waals surface area contributed by atoms with E-state index in [0.717, 1.165) is 34.8 Å². The van der Waals surface area contributed by atoms with E-state index in [1.165, 1.54) is 5.56 Å². The molecule has 0 amide bonds. The van der Waals surface area contributed by atoms with E-state index in [1.807, 2.05) is 36.7 Å². The van der Waals surface area contributed by atoms with Crippen LogP contribution in [0.15, 0.2) is 79.1 Å². The molecule has 0 aliphatic heterocycles. The molecule has 0 radical (unpaired) electrons. The lowest BCUT2D eigenvalue weighted by Crippen LogP contribution is -1.88. The first-order valence-electron chi connectivity index (χ1n) is 7.71. The number of nitrogens with zero attached hydrogens (tertiary/aromatic N) is 1. The Morgan fingerprint density at radius 1 is 0.783 bits per heavy atom. The molecule has 0 aliphatic rings. The lowest BCUT2D eigenvalue weighted by atomic mass is 10.1. The van der Waals surface area contributed by atoms with Crippen molar-refractivity contribution in [3.63, 3.8) is 0 Å². The van der Waals surface area contributed by atoms with Crippen molar-refractivity contribution in [3.8, 4) is 22.5 Å². The van der Waals surface area contributed by atoms with Gasteiger partial charge in [-0.05, 0) is 11.6 Å². The Morgan fingerprint density at radius 2 is 1.48 bits per heavy atom. The number of imidazole rings is 1. The summed E-state index contributed by atoms with van der Waals surface area (Å²) in [7, 11) is 0. The van der Waals surface area contributed by atoms with Gasteiger partial charge in [-0.25, -0.2) is 4.98 Å². The predicted molar refractivity (Wildman–Crippen MR) is 93.1 cm³/mol. The summed E-state index contributed by atoms with van der Waals surface area (Å²) in [5.41, 5.74) is 5.57. The summed E-state index contributed by atoms with van der Waals surface area (Å²) in [5.74, 6) is 0.974. The Morgan fingerprint density at radius 3 is 2.13 bits per heavy atom. The van der Waals surface area contributed by atoms with Gasteiger partial charge in [-0.2, -0.15) is 0 Å². The highest BCUT2D eigenvalue weighted by atomic mass is 14.9. The molecule has 0 atom stereocenters. The van der Waals surface area contributed by atoms with Crippen LogP contribution in [0.25, 0.3) is 22.5 Å². The zero-order valence-corrected chi connectivity index (χ0v) is 12.7. The Bertz CT molecular complexity index is 818. The van der Waals surface area contributed by atoms with E-state index in [0.29, 0.717) is 0 Å². The minimum atomic E-state index is 0.788. The highest BCUT2D eigenvalue weighted by Crippen LogP contribution is 2.30. The van der Waals surface area contributed by atoms with Crippen LogP contribution < -0.4 is 0 Å². The third-order valence-electron chi connectivity index (χ3n) is 3.90. The minimum Gasteiger partial charge on any atom is -0.367 e. The van der Waals surface area contributed by atoms with Crippen LogP contribution >= 0.6 is 0 Å². The Kier molecular flexibility index (Phi) is 3.53. The third-order valence-corrected chi connectivity index (χ3v) is 3.90. The van der Waals surface area contributed by atoms with Gasteiger partial charge in [0.05, 0.1) is 11.4 Å². The van der Waals surface area contributed by atoms with Crippen LogP contribution in [-0.2, 0) is 6.42 Å². The van der Waals surface area contributed by atoms with E-state index in [2.05, 4.69) is 52.4 Å². The lowest BCUT2D eigenvalue weighted by molar-refractivity contribution is 1.03. The maximum absolute atomic E-state index is 4.86. The highest BCUT2D eigenvalue weighted by molar-refractivity contribution is 5.78. The smallest absolute Gasteiger partial charge is 0.111 e. The Labute approximate surface area is 135 Å². The molecule has 0 saturated carbocycles. The second-order valence-corrected chi connectivity index (χ2v) is 5.54. The molecule has 2 aromatic heterocycles. The van der Waals surface area contributed by atoms with Gasteiger partial charge in [0.25, 0.3) is 0 Å². The summed E-state index contributed by atoms with van der Waals surface area (Å²) in [5, 5.41) is 0. The van der Waals surface area contributed by atoms with E-state index >= 15 is 0 Å². The van der Waals surface area contributed by atoms with Crippen molar-refractivity contribution in [1.82, 2.24) is 15.0 Å². The molecule has 2 N–H and O–H groups in total. The van der Waals surface area contributed by atoms with Crippen molar-refractivity contribution >= 4 is 0 Å². The van der Waals surface area contributed by atoms with Crippen molar-refractivity contribution in [1.29, 1.82) is 0 Å². The molecule has 0 fully saturated rings. The van der Waals surface area contributed by atoms with Gasteiger partial charge in [-0.3, -0.25) is 0 Å². The van der Waals surface area contributed by atoms with Crippen LogP contribution in [0, 0.1) is 0 Å². The fourth-order valence-electron chi connectivity index (χ4n) is 2.79. The summed E-state index contributed by atoms with van der Waals surface area (Å²) in [6.07, 6.45) is 4.73. The zero-order valence-electron chi connectivity index (χ0n) is 12.7. The van der Waals surface area contributed by atoms with Crippen LogP contribution in [0.5, 0.6) is 0 Å². The molecule has 3 nitrogen and oxygen atoms in total. The second-order valence-electron chi connectivity index (χ2n) is 5.54. The molecule has 2 heterocycles. The molecule has 0 spiro atoms. The standard InChI is InChI=1S/C20H17N3/c1-3-7-16(8-4-1)19-20(17-9-5-2-6-10-17)23-18(22-19)13-15-11-12-21-14-15/h1-12,14,21H,13H2,(H,22,23). The molecule has 4 aromatic rings. The first-order valence-corrected chi connectivity index (χ1v) is 7.71. The zero-order chi connectivity index (χ0) is 15.5. The molecule has 3 heteroatoms. The van der Waals surface area contributed by atoms with Gasteiger partial charge >= 0.3 is 0 Å². The predicted octanol–water partition coefficient (Wildman–Crippen LogP) is 4.66. The van der Waals surface area contributed by atoms with Gasteiger partial charge in [0.1, 0.15) is 5.82 Å². The molecule has 0 saturated heterocycles. The summed E-state index contributed by atoms with van der Waals surface area (Å²) in [6, 6.07) is 22.8. The van der Waals surface area contributed by atoms with E-state index in [9.17, 15) is 0 Å². The van der Waals surface area contributed by atoms with Crippen molar-refractivity contribution in [3.05, 3.63) is 90.5 Å². The van der Waals surface area contributed by atoms with Crippen LogP contribution in [0.1, 0.15) is 11.4 Å².